The van der Waals surface area contributed by atoms with Gasteiger partial charge in [-0.3, -0.25) is 19.9 Å². The van der Waals surface area contributed by atoms with Crippen molar-refractivity contribution in [3.63, 3.8) is 0 Å². The van der Waals surface area contributed by atoms with Gasteiger partial charge in [0.2, 0.25) is 11.7 Å². The number of nitrogens with one attached hydrogen (secondary N) is 2. The Bertz CT molecular complexity index is 2050. The fraction of sp³-hybridized carbons (Fsp3) is 0.116. The number of amides is 2. The molecule has 0 fully saturated rings. The summed E-state index contributed by atoms with van der Waals surface area (Å²) in [5.41, 5.74) is 3.04. The number of rotatable bonds is 13. The molecule has 52 heavy (non-hydrogen) atoms. The summed E-state index contributed by atoms with van der Waals surface area (Å²) in [7, 11) is -0.724. The van der Waals surface area contributed by atoms with Crippen molar-refractivity contribution in [2.24, 2.45) is 0 Å². The first kappa shape index (κ1) is 36.2. The van der Waals surface area contributed by atoms with Crippen LogP contribution < -0.4 is 26.5 Å². The summed E-state index contributed by atoms with van der Waals surface area (Å²) in [5.74, 6) is -0.411. The van der Waals surface area contributed by atoms with Gasteiger partial charge in [0, 0.05) is 29.4 Å². The molecule has 0 radical (unpaired) electrons. The highest BCUT2D eigenvalue weighted by molar-refractivity contribution is 7.95. The third-order valence-electron chi connectivity index (χ3n) is 8.86. The molecule has 6 rings (SSSR count). The molecule has 7 nitrogen and oxygen atoms in total. The lowest BCUT2D eigenvalue weighted by molar-refractivity contribution is -0.116. The molecular weight excluding hydrogens is 689 g/mol. The number of carbonyl (C=O) groups excluding carboxylic acids is 3. The van der Waals surface area contributed by atoms with E-state index >= 15 is 0 Å². The van der Waals surface area contributed by atoms with Gasteiger partial charge in [-0.25, -0.2) is 4.79 Å². The quantitative estimate of drug-likeness (QED) is 0.0704. The van der Waals surface area contributed by atoms with Crippen molar-refractivity contribution in [1.29, 1.82) is 0 Å². The third-order valence-corrected chi connectivity index (χ3v) is 13.6. The first-order valence-corrected chi connectivity index (χ1v) is 19.3. The fourth-order valence-electron chi connectivity index (χ4n) is 6.36. The Morgan fingerprint density at radius 2 is 1.33 bits per heavy atom. The summed E-state index contributed by atoms with van der Waals surface area (Å²) >= 11 is 5.98. The Balaban J connectivity index is 1.23. The summed E-state index contributed by atoms with van der Waals surface area (Å²) in [6, 6.07) is 47.7. The van der Waals surface area contributed by atoms with Gasteiger partial charge in [0.15, 0.2) is 0 Å². The van der Waals surface area contributed by atoms with Crippen molar-refractivity contribution in [1.82, 2.24) is 4.98 Å². The summed E-state index contributed by atoms with van der Waals surface area (Å²) in [6.07, 6.45) is 3.52. The van der Waals surface area contributed by atoms with E-state index < -0.39 is 13.4 Å². The predicted molar refractivity (Wildman–Crippen MR) is 213 cm³/mol. The number of methoxy groups -OCH3 is 1. The highest BCUT2D eigenvalue weighted by Gasteiger charge is 2.44. The molecule has 260 valence electrons. The highest BCUT2D eigenvalue weighted by Crippen LogP contribution is 2.56. The molecule has 5 aromatic carbocycles. The molecule has 0 spiro atoms. The fourth-order valence-corrected chi connectivity index (χ4v) is 10.9. The molecule has 1 aromatic heterocycles. The lowest BCUT2D eigenvalue weighted by Gasteiger charge is -2.27. The van der Waals surface area contributed by atoms with Gasteiger partial charge in [0.25, 0.3) is 0 Å². The number of anilines is 2. The van der Waals surface area contributed by atoms with Crippen LogP contribution in [0, 0.1) is 0 Å². The summed E-state index contributed by atoms with van der Waals surface area (Å²) in [6.45, 7) is 0. The topological polar surface area (TPSA) is 97.4 Å². The highest BCUT2D eigenvalue weighted by atomic mass is 35.5. The van der Waals surface area contributed by atoms with Crippen LogP contribution in [0.3, 0.4) is 0 Å². The van der Waals surface area contributed by atoms with Crippen LogP contribution >= 0.6 is 18.9 Å². The van der Waals surface area contributed by atoms with Crippen LogP contribution in [0.5, 0.6) is 0 Å². The Labute approximate surface area is 309 Å². The zero-order chi connectivity index (χ0) is 36.3. The van der Waals surface area contributed by atoms with Crippen LogP contribution in [0.15, 0.2) is 152 Å². The van der Waals surface area contributed by atoms with E-state index in [2.05, 4.69) is 88.4 Å². The zero-order valence-electron chi connectivity index (χ0n) is 28.7. The van der Waals surface area contributed by atoms with Gasteiger partial charge >= 0.3 is 6.09 Å². The Morgan fingerprint density at radius 1 is 0.692 bits per heavy atom. The van der Waals surface area contributed by atoms with Crippen LogP contribution in [0.25, 0.3) is 11.1 Å². The average Bonchev–Trinajstić information content (AvgIpc) is 3.19. The number of ether oxygens (including phenoxy) is 1. The minimum absolute atomic E-state index is 0.155. The average molecular weight is 727 g/mol. The van der Waals surface area contributed by atoms with Gasteiger partial charge in [-0.15, -0.1) is 0 Å². The second-order valence-corrected chi connectivity index (χ2v) is 16.2. The molecule has 2 N–H and O–H groups in total. The molecule has 0 unspecified atom stereocenters. The summed E-state index contributed by atoms with van der Waals surface area (Å²) < 4.78 is 4.78. The molecule has 0 atom stereocenters. The molecular formula is C43H38ClN3O4P+. The van der Waals surface area contributed by atoms with Crippen LogP contribution in [0.1, 0.15) is 35.3 Å². The maximum Gasteiger partial charge on any atom is 0.411 e. The number of aromatic nitrogens is 1. The van der Waals surface area contributed by atoms with Gasteiger partial charge in [-0.2, -0.15) is 0 Å². The SMILES string of the molecule is COC(=O)Nc1ccc(-c2cccc(C(=O)c3ccc(Cl)cn3)c2)c(NC(=O)CCCC[P+](c2ccccc2)(c2ccccc2)c2ccccc2)c1. The number of nitrogens with zero attached hydrogens (tertiary/aromatic N) is 1. The van der Waals surface area contributed by atoms with E-state index in [0.29, 0.717) is 45.9 Å². The Morgan fingerprint density at radius 3 is 1.90 bits per heavy atom. The second kappa shape index (κ2) is 17.1. The third kappa shape index (κ3) is 8.46. The molecule has 0 aliphatic carbocycles. The lowest BCUT2D eigenvalue weighted by atomic mass is 9.98. The first-order chi connectivity index (χ1) is 25.4. The number of hydrogen-bond donors (Lipinski definition) is 2. The predicted octanol–water partition coefficient (Wildman–Crippen LogP) is 8.91. The molecule has 2 amide bonds. The minimum Gasteiger partial charge on any atom is -0.453 e. The van der Waals surface area contributed by atoms with E-state index in [-0.39, 0.29) is 17.4 Å². The maximum absolute atomic E-state index is 13.6. The minimum atomic E-state index is -2.01. The standard InChI is InChI=1S/C43H37ClN3O4P/c1-51-43(50)46-34-24-25-38(31-14-13-15-32(28-31)42(49)39-26-23-33(44)30-45-39)40(29-34)47-41(48)22-11-12-27-52(35-16-5-2-6-17-35,36-18-7-3-8-19-36)37-20-9-4-10-21-37/h2-10,13-21,23-26,28-30H,11-12,22,27H2,1H3,(H-,46,47,48,50)/p+1. The van der Waals surface area contributed by atoms with Crippen LogP contribution in [0.4, 0.5) is 16.2 Å². The van der Waals surface area contributed by atoms with Crippen molar-refractivity contribution in [2.45, 2.75) is 19.3 Å². The van der Waals surface area contributed by atoms with E-state index in [4.69, 9.17) is 16.3 Å². The van der Waals surface area contributed by atoms with Crippen molar-refractivity contribution in [2.75, 3.05) is 23.9 Å². The van der Waals surface area contributed by atoms with Gasteiger partial charge in [0.05, 0.1) is 24.0 Å². The smallest absolute Gasteiger partial charge is 0.411 e. The summed E-state index contributed by atoms with van der Waals surface area (Å²) in [4.78, 5) is 43.1. The molecule has 0 aliphatic heterocycles. The molecule has 1 heterocycles. The first-order valence-electron chi connectivity index (χ1n) is 17.0. The molecule has 0 bridgehead atoms. The monoisotopic (exact) mass is 726 g/mol. The molecule has 0 saturated carbocycles. The number of carbonyl (C=O) groups is 3. The van der Waals surface area contributed by atoms with Crippen molar-refractivity contribution >= 4 is 63.9 Å². The van der Waals surface area contributed by atoms with E-state index in [9.17, 15) is 14.4 Å². The van der Waals surface area contributed by atoms with Crippen molar-refractivity contribution in [3.8, 4) is 11.1 Å². The van der Waals surface area contributed by atoms with E-state index in [0.717, 1.165) is 12.6 Å². The second-order valence-electron chi connectivity index (χ2n) is 12.2. The number of unbranched alkanes of at least 4 members (excludes halogenated alkanes) is 1. The number of ketones is 1. The normalized spacial score (nSPS) is 11.0. The molecule has 0 saturated heterocycles. The number of benzene rings is 5. The van der Waals surface area contributed by atoms with Crippen molar-refractivity contribution < 1.29 is 19.1 Å². The Hall–Kier alpha value is -5.62. The molecule has 0 aliphatic rings. The van der Waals surface area contributed by atoms with Crippen LogP contribution in [-0.4, -0.2) is 36.0 Å². The lowest BCUT2D eigenvalue weighted by Crippen LogP contribution is -2.33. The van der Waals surface area contributed by atoms with Crippen molar-refractivity contribution in [3.05, 3.63) is 168 Å². The Kier molecular flexibility index (Phi) is 11.9. The van der Waals surface area contributed by atoms with Gasteiger partial charge in [-0.1, -0.05) is 90.5 Å². The van der Waals surface area contributed by atoms with Gasteiger partial charge < -0.3 is 10.1 Å². The summed E-state index contributed by atoms with van der Waals surface area (Å²) in [5, 5.41) is 10.1. The molecule has 6 aromatic rings. The van der Waals surface area contributed by atoms with Gasteiger partial charge in [-0.05, 0) is 85.1 Å². The van der Waals surface area contributed by atoms with E-state index in [1.165, 1.54) is 29.2 Å². The molecule has 9 heteroatoms. The maximum atomic E-state index is 13.6. The zero-order valence-corrected chi connectivity index (χ0v) is 30.3. The number of halogens is 1. The van der Waals surface area contributed by atoms with Crippen LogP contribution in [0.2, 0.25) is 5.02 Å². The van der Waals surface area contributed by atoms with E-state index in [1.54, 1.807) is 48.5 Å². The number of pyridine rings is 1. The van der Waals surface area contributed by atoms with E-state index in [1.807, 2.05) is 24.3 Å². The van der Waals surface area contributed by atoms with Gasteiger partial charge in [0.1, 0.15) is 28.9 Å². The van der Waals surface area contributed by atoms with Crippen LogP contribution in [-0.2, 0) is 9.53 Å². The largest absolute Gasteiger partial charge is 0.453 e. The number of hydrogen-bond acceptors (Lipinski definition) is 5.